The Morgan fingerprint density at radius 1 is 1.33 bits per heavy atom. The zero-order chi connectivity index (χ0) is 13.1. The van der Waals surface area contributed by atoms with E-state index in [1.54, 1.807) is 18.2 Å². The summed E-state index contributed by atoms with van der Waals surface area (Å²) in [5.74, 6) is 0.536. The maximum atomic E-state index is 10.5. The maximum absolute atomic E-state index is 10.5. The topological polar surface area (TPSA) is 76.5 Å². The largest absolute Gasteiger partial charge is 0.466 e. The van der Waals surface area contributed by atoms with Gasteiger partial charge in [0.2, 0.25) is 0 Å². The molecule has 18 heavy (non-hydrogen) atoms. The van der Waals surface area contributed by atoms with Gasteiger partial charge in [-0.3, -0.25) is 10.1 Å². The van der Waals surface area contributed by atoms with E-state index >= 15 is 0 Å². The summed E-state index contributed by atoms with van der Waals surface area (Å²) in [5, 5.41) is 20.5. The van der Waals surface area contributed by atoms with Gasteiger partial charge in [0.25, 0.3) is 5.69 Å². The first-order valence-corrected chi connectivity index (χ1v) is 5.53. The van der Waals surface area contributed by atoms with Crippen LogP contribution in [0.15, 0.2) is 41.0 Å². The molecule has 0 bridgehead atoms. The van der Waals surface area contributed by atoms with E-state index in [1.807, 2.05) is 6.92 Å². The van der Waals surface area contributed by atoms with Crippen molar-refractivity contribution in [2.24, 2.45) is 0 Å². The molecule has 0 radical (unpaired) electrons. The Morgan fingerprint density at radius 3 is 2.50 bits per heavy atom. The Bertz CT molecular complexity index is 544. The molecule has 0 aliphatic carbocycles. The molecule has 0 aliphatic heterocycles. The number of furan rings is 1. The van der Waals surface area contributed by atoms with E-state index in [0.717, 1.165) is 11.1 Å². The molecule has 0 spiro atoms. The van der Waals surface area contributed by atoms with Crippen LogP contribution in [0.5, 0.6) is 0 Å². The van der Waals surface area contributed by atoms with Crippen molar-refractivity contribution in [3.8, 4) is 0 Å². The van der Waals surface area contributed by atoms with Gasteiger partial charge >= 0.3 is 0 Å². The first kappa shape index (κ1) is 12.3. The van der Waals surface area contributed by atoms with Gasteiger partial charge in [0.15, 0.2) is 0 Å². The number of aryl methyl sites for hydroxylation is 1. The molecule has 0 saturated carbocycles. The molecule has 1 N–H and O–H groups in total. The van der Waals surface area contributed by atoms with Crippen molar-refractivity contribution in [2.45, 2.75) is 19.4 Å². The molecule has 0 aliphatic rings. The van der Waals surface area contributed by atoms with Gasteiger partial charge in [-0.05, 0) is 24.1 Å². The maximum Gasteiger partial charge on any atom is 0.269 e. The molecular weight excluding hydrogens is 234 g/mol. The van der Waals surface area contributed by atoms with Crippen molar-refractivity contribution in [1.82, 2.24) is 0 Å². The molecule has 2 aromatic rings. The average molecular weight is 247 g/mol. The molecule has 0 saturated heterocycles. The monoisotopic (exact) mass is 247 g/mol. The number of hydrogen-bond donors (Lipinski definition) is 1. The first-order chi connectivity index (χ1) is 8.58. The van der Waals surface area contributed by atoms with Crippen LogP contribution in [0.1, 0.15) is 23.0 Å². The molecule has 1 aromatic carbocycles. The van der Waals surface area contributed by atoms with E-state index in [4.69, 9.17) is 4.42 Å². The van der Waals surface area contributed by atoms with E-state index in [2.05, 4.69) is 0 Å². The zero-order valence-electron chi connectivity index (χ0n) is 9.87. The number of aliphatic hydroxyl groups excluding tert-OH is 1. The van der Waals surface area contributed by atoms with Crippen LogP contribution in [0.2, 0.25) is 0 Å². The number of nitro groups is 1. The average Bonchev–Trinajstić information content (AvgIpc) is 2.76. The second-order valence-electron chi connectivity index (χ2n) is 4.11. The number of aliphatic hydroxyl groups is 1. The molecule has 5 heteroatoms. The van der Waals surface area contributed by atoms with Crippen LogP contribution in [0.3, 0.4) is 0 Å². The second-order valence-corrected chi connectivity index (χ2v) is 4.11. The highest BCUT2D eigenvalue weighted by atomic mass is 16.6. The van der Waals surface area contributed by atoms with Crippen LogP contribution in [-0.4, -0.2) is 10.0 Å². The Labute approximate surface area is 104 Å². The van der Waals surface area contributed by atoms with Crippen molar-refractivity contribution in [2.75, 3.05) is 0 Å². The Morgan fingerprint density at radius 2 is 2.00 bits per heavy atom. The van der Waals surface area contributed by atoms with Gasteiger partial charge in [-0.2, -0.15) is 0 Å². The van der Waals surface area contributed by atoms with Crippen LogP contribution < -0.4 is 0 Å². The molecule has 1 heterocycles. The second kappa shape index (κ2) is 5.01. The normalized spacial score (nSPS) is 12.3. The third kappa shape index (κ3) is 2.57. The van der Waals surface area contributed by atoms with Crippen LogP contribution in [0.25, 0.3) is 0 Å². The molecule has 94 valence electrons. The van der Waals surface area contributed by atoms with E-state index in [9.17, 15) is 15.2 Å². The Balaban J connectivity index is 2.10. The van der Waals surface area contributed by atoms with E-state index in [0.29, 0.717) is 12.2 Å². The van der Waals surface area contributed by atoms with E-state index in [-0.39, 0.29) is 5.69 Å². The number of nitro benzene ring substituents is 1. The summed E-state index contributed by atoms with van der Waals surface area (Å²) in [6.07, 6.45) is 1.16. The number of hydrogen-bond acceptors (Lipinski definition) is 4. The summed E-state index contributed by atoms with van der Waals surface area (Å²) in [4.78, 5) is 10.1. The van der Waals surface area contributed by atoms with Gasteiger partial charge in [0.1, 0.15) is 11.9 Å². The molecule has 0 fully saturated rings. The summed E-state index contributed by atoms with van der Waals surface area (Å²) in [6.45, 7) is 1.86. The molecule has 1 unspecified atom stereocenters. The fraction of sp³-hybridized carbons (Fsp3) is 0.231. The Hall–Kier alpha value is -2.14. The van der Waals surface area contributed by atoms with E-state index in [1.165, 1.54) is 18.4 Å². The van der Waals surface area contributed by atoms with Gasteiger partial charge in [-0.25, -0.2) is 0 Å². The summed E-state index contributed by atoms with van der Waals surface area (Å²) in [6, 6.07) is 7.92. The zero-order valence-corrected chi connectivity index (χ0v) is 9.87. The highest BCUT2D eigenvalue weighted by molar-refractivity contribution is 5.33. The first-order valence-electron chi connectivity index (χ1n) is 5.53. The molecule has 1 aromatic heterocycles. The fourth-order valence-corrected chi connectivity index (χ4v) is 1.80. The third-order valence-electron chi connectivity index (χ3n) is 2.78. The van der Waals surface area contributed by atoms with Crippen LogP contribution in [-0.2, 0) is 6.42 Å². The molecule has 0 amide bonds. The van der Waals surface area contributed by atoms with Gasteiger partial charge < -0.3 is 9.52 Å². The van der Waals surface area contributed by atoms with Crippen molar-refractivity contribution in [3.63, 3.8) is 0 Å². The van der Waals surface area contributed by atoms with Crippen molar-refractivity contribution in [3.05, 3.63) is 63.6 Å². The molecule has 2 rings (SSSR count). The van der Waals surface area contributed by atoms with Gasteiger partial charge in [-0.1, -0.05) is 12.1 Å². The smallest absolute Gasteiger partial charge is 0.269 e. The molecular formula is C13H13NO4. The molecule has 5 nitrogen and oxygen atoms in total. The van der Waals surface area contributed by atoms with Gasteiger partial charge in [-0.15, -0.1) is 0 Å². The lowest BCUT2D eigenvalue weighted by Crippen LogP contribution is -2.02. The summed E-state index contributed by atoms with van der Waals surface area (Å²) < 4.78 is 5.20. The Kier molecular flexibility index (Phi) is 3.43. The number of non-ortho nitro benzene ring substituents is 1. The quantitative estimate of drug-likeness (QED) is 0.665. The minimum Gasteiger partial charge on any atom is -0.466 e. The fourth-order valence-electron chi connectivity index (χ4n) is 1.80. The number of rotatable bonds is 4. The summed E-state index contributed by atoms with van der Waals surface area (Å²) in [5.41, 5.74) is 1.76. The van der Waals surface area contributed by atoms with Gasteiger partial charge in [0.05, 0.1) is 11.2 Å². The standard InChI is InChI=1S/C13H13NO4/c1-9-6-7-18-13(9)12(15)8-10-2-4-11(5-3-10)14(16)17/h2-7,12,15H,8H2,1H3. The van der Waals surface area contributed by atoms with Crippen molar-refractivity contribution < 1.29 is 14.4 Å². The number of benzene rings is 1. The number of nitrogens with zero attached hydrogens (tertiary/aromatic N) is 1. The van der Waals surface area contributed by atoms with Crippen LogP contribution >= 0.6 is 0 Å². The summed E-state index contributed by atoms with van der Waals surface area (Å²) >= 11 is 0. The molecule has 1 atom stereocenters. The predicted molar refractivity (Wildman–Crippen MR) is 65.2 cm³/mol. The highest BCUT2D eigenvalue weighted by Crippen LogP contribution is 2.23. The lowest BCUT2D eigenvalue weighted by atomic mass is 10.0. The van der Waals surface area contributed by atoms with Crippen LogP contribution in [0, 0.1) is 17.0 Å². The van der Waals surface area contributed by atoms with Crippen molar-refractivity contribution >= 4 is 5.69 Å². The summed E-state index contributed by atoms with van der Waals surface area (Å²) in [7, 11) is 0. The highest BCUT2D eigenvalue weighted by Gasteiger charge is 2.15. The van der Waals surface area contributed by atoms with Crippen LogP contribution in [0.4, 0.5) is 5.69 Å². The minimum atomic E-state index is -0.735. The van der Waals surface area contributed by atoms with Gasteiger partial charge in [0, 0.05) is 18.6 Å². The third-order valence-corrected chi connectivity index (χ3v) is 2.78. The van der Waals surface area contributed by atoms with Crippen molar-refractivity contribution in [1.29, 1.82) is 0 Å². The minimum absolute atomic E-state index is 0.0439. The lowest BCUT2D eigenvalue weighted by Gasteiger charge is -2.08. The SMILES string of the molecule is Cc1ccoc1C(O)Cc1ccc([N+](=O)[O-])cc1. The lowest BCUT2D eigenvalue weighted by molar-refractivity contribution is -0.384. The predicted octanol–water partition coefficient (Wildman–Crippen LogP) is 2.77. The van der Waals surface area contributed by atoms with E-state index < -0.39 is 11.0 Å².